The van der Waals surface area contributed by atoms with Gasteiger partial charge < -0.3 is 10.0 Å². The number of likely N-dealkylation sites (N-methyl/N-ethyl adjacent to an activating group) is 1. The predicted octanol–water partition coefficient (Wildman–Crippen LogP) is 1.58. The normalized spacial score (nSPS) is 9.83. The van der Waals surface area contributed by atoms with Crippen LogP contribution in [-0.4, -0.2) is 24.7 Å². The molecule has 0 aliphatic rings. The summed E-state index contributed by atoms with van der Waals surface area (Å²) >= 11 is 1.56. The molecule has 0 bridgehead atoms. The van der Waals surface area contributed by atoms with Crippen molar-refractivity contribution in [1.29, 1.82) is 0 Å². The van der Waals surface area contributed by atoms with Gasteiger partial charge in [0.2, 0.25) is 0 Å². The lowest BCUT2D eigenvalue weighted by molar-refractivity contribution is -0.135. The van der Waals surface area contributed by atoms with Gasteiger partial charge >= 0.3 is 5.97 Å². The summed E-state index contributed by atoms with van der Waals surface area (Å²) in [5.41, 5.74) is 1.13. The van der Waals surface area contributed by atoms with E-state index < -0.39 is 5.97 Å². The highest BCUT2D eigenvalue weighted by Crippen LogP contribution is 2.25. The van der Waals surface area contributed by atoms with Gasteiger partial charge in [0.15, 0.2) is 0 Å². The van der Waals surface area contributed by atoms with Crippen LogP contribution in [0.4, 0.5) is 5.00 Å². The molecule has 0 amide bonds. The van der Waals surface area contributed by atoms with E-state index in [0.29, 0.717) is 0 Å². The van der Waals surface area contributed by atoms with Crippen LogP contribution in [0, 0.1) is 6.92 Å². The summed E-state index contributed by atoms with van der Waals surface area (Å²) < 4.78 is 0. The third-order valence-corrected chi connectivity index (χ3v) is 2.68. The Morgan fingerprint density at radius 1 is 1.75 bits per heavy atom. The minimum atomic E-state index is -0.801. The molecule has 0 aliphatic carbocycles. The minimum absolute atomic E-state index is 0.0569. The van der Waals surface area contributed by atoms with Crippen LogP contribution in [0.5, 0.6) is 0 Å². The van der Waals surface area contributed by atoms with E-state index in [9.17, 15) is 4.79 Å². The molecule has 0 spiro atoms. The Kier molecular flexibility index (Phi) is 2.70. The van der Waals surface area contributed by atoms with Crippen molar-refractivity contribution in [2.75, 3.05) is 18.5 Å². The molecule has 3 nitrogen and oxygen atoms in total. The fraction of sp³-hybridized carbons (Fsp3) is 0.375. The second-order valence-electron chi connectivity index (χ2n) is 2.66. The molecule has 1 aromatic heterocycles. The first kappa shape index (κ1) is 9.06. The van der Waals surface area contributed by atoms with Gasteiger partial charge in [-0.1, -0.05) is 0 Å². The molecule has 12 heavy (non-hydrogen) atoms. The fourth-order valence-electron chi connectivity index (χ4n) is 1.03. The zero-order valence-electron chi connectivity index (χ0n) is 7.07. The van der Waals surface area contributed by atoms with Gasteiger partial charge in [-0.05, 0) is 23.9 Å². The highest BCUT2D eigenvalue weighted by Gasteiger charge is 2.08. The van der Waals surface area contributed by atoms with E-state index >= 15 is 0 Å². The Labute approximate surface area is 75.2 Å². The van der Waals surface area contributed by atoms with Crippen molar-refractivity contribution in [3.05, 3.63) is 17.0 Å². The summed E-state index contributed by atoms with van der Waals surface area (Å²) in [5, 5.41) is 11.5. The van der Waals surface area contributed by atoms with E-state index in [4.69, 9.17) is 5.11 Å². The number of nitrogens with zero attached hydrogens (tertiary/aromatic N) is 1. The van der Waals surface area contributed by atoms with Crippen LogP contribution in [0.1, 0.15) is 5.56 Å². The number of rotatable bonds is 3. The largest absolute Gasteiger partial charge is 0.480 e. The summed E-state index contributed by atoms with van der Waals surface area (Å²) in [4.78, 5) is 12.1. The minimum Gasteiger partial charge on any atom is -0.480 e. The van der Waals surface area contributed by atoms with Gasteiger partial charge in [-0.3, -0.25) is 4.79 Å². The topological polar surface area (TPSA) is 40.5 Å². The molecule has 1 heterocycles. The lowest BCUT2D eigenvalue weighted by Crippen LogP contribution is -2.24. The number of aryl methyl sites for hydroxylation is 1. The lowest BCUT2D eigenvalue weighted by atomic mass is 10.3. The zero-order chi connectivity index (χ0) is 9.14. The van der Waals surface area contributed by atoms with Crippen molar-refractivity contribution in [3.63, 3.8) is 0 Å². The van der Waals surface area contributed by atoms with Crippen molar-refractivity contribution >= 4 is 22.3 Å². The average Bonchev–Trinajstić information content (AvgIpc) is 2.33. The molecule has 4 heteroatoms. The van der Waals surface area contributed by atoms with Crippen molar-refractivity contribution < 1.29 is 9.90 Å². The van der Waals surface area contributed by atoms with Crippen molar-refractivity contribution in [3.8, 4) is 0 Å². The second-order valence-corrected chi connectivity index (χ2v) is 3.55. The van der Waals surface area contributed by atoms with Gasteiger partial charge in [-0.2, -0.15) is 0 Å². The maximum Gasteiger partial charge on any atom is 0.323 e. The molecule has 0 fully saturated rings. The van der Waals surface area contributed by atoms with Gasteiger partial charge in [0, 0.05) is 7.05 Å². The van der Waals surface area contributed by atoms with Crippen molar-refractivity contribution in [2.24, 2.45) is 0 Å². The first-order valence-electron chi connectivity index (χ1n) is 3.58. The first-order valence-corrected chi connectivity index (χ1v) is 4.46. The summed E-state index contributed by atoms with van der Waals surface area (Å²) in [6.07, 6.45) is 0. The number of carbonyl (C=O) groups is 1. The zero-order valence-corrected chi connectivity index (χ0v) is 7.89. The highest BCUT2D eigenvalue weighted by molar-refractivity contribution is 7.14. The van der Waals surface area contributed by atoms with Gasteiger partial charge in [0.05, 0.1) is 5.00 Å². The van der Waals surface area contributed by atoms with E-state index in [-0.39, 0.29) is 6.54 Å². The molecule has 1 aromatic rings. The SMILES string of the molecule is Cc1ccsc1N(C)CC(=O)O. The number of carboxylic acids is 1. The molecular formula is C8H11NO2S. The summed E-state index contributed by atoms with van der Waals surface area (Å²) in [6.45, 7) is 2.03. The average molecular weight is 185 g/mol. The van der Waals surface area contributed by atoms with E-state index in [1.165, 1.54) is 0 Å². The van der Waals surface area contributed by atoms with Gasteiger partial charge in [-0.15, -0.1) is 11.3 Å². The summed E-state index contributed by atoms with van der Waals surface area (Å²) in [7, 11) is 1.78. The molecule has 66 valence electrons. The Balaban J connectivity index is 2.71. The number of thiophene rings is 1. The van der Waals surface area contributed by atoms with Crippen LogP contribution in [-0.2, 0) is 4.79 Å². The molecule has 0 radical (unpaired) electrons. The Morgan fingerprint density at radius 2 is 2.42 bits per heavy atom. The molecule has 1 N–H and O–H groups in total. The molecule has 0 saturated carbocycles. The second kappa shape index (κ2) is 3.58. The Bertz CT molecular complexity index is 282. The van der Waals surface area contributed by atoms with E-state index in [0.717, 1.165) is 10.6 Å². The standard InChI is InChI=1S/C8H11NO2S/c1-6-3-4-12-8(6)9(2)5-7(10)11/h3-4H,5H2,1-2H3,(H,10,11). The van der Waals surface area contributed by atoms with Crippen LogP contribution < -0.4 is 4.90 Å². The monoisotopic (exact) mass is 185 g/mol. The van der Waals surface area contributed by atoms with Crippen LogP contribution >= 0.6 is 11.3 Å². The van der Waals surface area contributed by atoms with Gasteiger partial charge in [0.25, 0.3) is 0 Å². The summed E-state index contributed by atoms with van der Waals surface area (Å²) in [5.74, 6) is -0.801. The molecule has 0 atom stereocenters. The highest BCUT2D eigenvalue weighted by atomic mass is 32.1. The molecule has 0 aromatic carbocycles. The molecular weight excluding hydrogens is 174 g/mol. The Hall–Kier alpha value is -1.03. The van der Waals surface area contributed by atoms with Crippen LogP contribution in [0.15, 0.2) is 11.4 Å². The van der Waals surface area contributed by atoms with E-state index in [2.05, 4.69) is 0 Å². The summed E-state index contributed by atoms with van der Waals surface area (Å²) in [6, 6.07) is 1.98. The number of hydrogen-bond acceptors (Lipinski definition) is 3. The molecule has 1 rings (SSSR count). The van der Waals surface area contributed by atoms with Crippen LogP contribution in [0.25, 0.3) is 0 Å². The maximum atomic E-state index is 10.4. The van der Waals surface area contributed by atoms with Gasteiger partial charge in [0.1, 0.15) is 6.54 Å². The fourth-order valence-corrected chi connectivity index (χ4v) is 1.93. The maximum absolute atomic E-state index is 10.4. The predicted molar refractivity (Wildman–Crippen MR) is 50.0 cm³/mol. The Morgan fingerprint density at radius 3 is 2.83 bits per heavy atom. The number of hydrogen-bond donors (Lipinski definition) is 1. The van der Waals surface area contributed by atoms with Crippen molar-refractivity contribution in [1.82, 2.24) is 0 Å². The van der Waals surface area contributed by atoms with Crippen LogP contribution in [0.3, 0.4) is 0 Å². The molecule has 0 aliphatic heterocycles. The number of aliphatic carboxylic acids is 1. The third kappa shape index (κ3) is 1.98. The smallest absolute Gasteiger partial charge is 0.323 e. The van der Waals surface area contributed by atoms with Crippen LogP contribution in [0.2, 0.25) is 0 Å². The van der Waals surface area contributed by atoms with Crippen molar-refractivity contribution in [2.45, 2.75) is 6.92 Å². The lowest BCUT2D eigenvalue weighted by Gasteiger charge is -2.14. The quantitative estimate of drug-likeness (QED) is 0.777. The first-order chi connectivity index (χ1) is 5.61. The number of anilines is 1. The van der Waals surface area contributed by atoms with E-state index in [1.54, 1.807) is 23.3 Å². The van der Waals surface area contributed by atoms with E-state index in [1.807, 2.05) is 18.4 Å². The third-order valence-electron chi connectivity index (χ3n) is 1.55. The molecule has 0 unspecified atom stereocenters. The van der Waals surface area contributed by atoms with Gasteiger partial charge in [-0.25, -0.2) is 0 Å². The number of carboxylic acid groups (broad SMARTS) is 1. The molecule has 0 saturated heterocycles.